The van der Waals surface area contributed by atoms with Crippen molar-refractivity contribution < 1.29 is 9.18 Å². The molecule has 0 saturated carbocycles. The Kier molecular flexibility index (Phi) is 2.82. The molecule has 1 unspecified atom stereocenters. The highest BCUT2D eigenvalue weighted by atomic mass is 79.9. The summed E-state index contributed by atoms with van der Waals surface area (Å²) in [4.78, 5) is 14.6. The number of hydrogen-bond donors (Lipinski definition) is 2. The maximum Gasteiger partial charge on any atom is 0.246 e. The van der Waals surface area contributed by atoms with E-state index in [9.17, 15) is 9.18 Å². The molecule has 1 amide bonds. The standard InChI is InChI=1S/C10H7BrFN3O/c11-7-8(14-10(13)15-9(7)16)5-2-1-3-6(12)4-5/h1-4,7H,(H2,13,15,16). The van der Waals surface area contributed by atoms with Crippen LogP contribution < -0.4 is 5.32 Å². The van der Waals surface area contributed by atoms with Crippen LogP contribution in [0.3, 0.4) is 0 Å². The normalized spacial score (nSPS) is 20.4. The molecule has 0 saturated heterocycles. The largest absolute Gasteiger partial charge is 0.294 e. The molecule has 0 spiro atoms. The summed E-state index contributed by atoms with van der Waals surface area (Å²) < 4.78 is 13.0. The van der Waals surface area contributed by atoms with Gasteiger partial charge in [-0.3, -0.25) is 15.5 Å². The van der Waals surface area contributed by atoms with E-state index in [0.717, 1.165) is 0 Å². The molecule has 0 aliphatic carbocycles. The molecule has 0 radical (unpaired) electrons. The molecule has 1 aliphatic rings. The topological polar surface area (TPSA) is 65.3 Å². The Balaban J connectivity index is 2.47. The van der Waals surface area contributed by atoms with E-state index < -0.39 is 10.6 Å². The Bertz CT molecular complexity index is 501. The summed E-state index contributed by atoms with van der Waals surface area (Å²) in [6.07, 6.45) is 0. The fourth-order valence-corrected chi connectivity index (χ4v) is 1.85. The van der Waals surface area contributed by atoms with Crippen molar-refractivity contribution in [3.05, 3.63) is 35.6 Å². The molecular weight excluding hydrogens is 277 g/mol. The minimum atomic E-state index is -0.664. The maximum absolute atomic E-state index is 13.0. The number of halogens is 2. The van der Waals surface area contributed by atoms with Gasteiger partial charge in [0, 0.05) is 5.56 Å². The lowest BCUT2D eigenvalue weighted by atomic mass is 10.1. The number of alkyl halides is 1. The van der Waals surface area contributed by atoms with E-state index in [4.69, 9.17) is 5.41 Å². The first-order valence-electron chi connectivity index (χ1n) is 4.46. The average molecular weight is 284 g/mol. The van der Waals surface area contributed by atoms with Gasteiger partial charge in [-0.05, 0) is 12.1 Å². The van der Waals surface area contributed by atoms with E-state index in [1.165, 1.54) is 18.2 Å². The molecule has 1 atom stereocenters. The molecule has 4 nitrogen and oxygen atoms in total. The Morgan fingerprint density at radius 1 is 1.50 bits per heavy atom. The number of aliphatic imine (C=N–C) groups is 1. The van der Waals surface area contributed by atoms with Gasteiger partial charge < -0.3 is 0 Å². The number of hydrogen-bond acceptors (Lipinski definition) is 2. The van der Waals surface area contributed by atoms with Gasteiger partial charge in [-0.1, -0.05) is 28.1 Å². The van der Waals surface area contributed by atoms with E-state index >= 15 is 0 Å². The minimum Gasteiger partial charge on any atom is -0.294 e. The number of guanidine groups is 1. The monoisotopic (exact) mass is 283 g/mol. The van der Waals surface area contributed by atoms with Crippen LogP contribution in [0.1, 0.15) is 5.56 Å². The van der Waals surface area contributed by atoms with Crippen LogP contribution in [0.2, 0.25) is 0 Å². The first kappa shape index (κ1) is 10.9. The zero-order valence-corrected chi connectivity index (χ0v) is 9.58. The van der Waals surface area contributed by atoms with Gasteiger partial charge in [0.25, 0.3) is 0 Å². The Morgan fingerprint density at radius 3 is 2.94 bits per heavy atom. The molecule has 1 aromatic rings. The van der Waals surface area contributed by atoms with Gasteiger partial charge in [-0.2, -0.15) is 0 Å². The van der Waals surface area contributed by atoms with Crippen molar-refractivity contribution in [2.75, 3.05) is 0 Å². The summed E-state index contributed by atoms with van der Waals surface area (Å²) >= 11 is 3.15. The van der Waals surface area contributed by atoms with Crippen LogP contribution in [0.4, 0.5) is 4.39 Å². The van der Waals surface area contributed by atoms with E-state index in [1.807, 2.05) is 0 Å². The number of benzene rings is 1. The highest BCUT2D eigenvalue weighted by Gasteiger charge is 2.28. The molecule has 2 N–H and O–H groups in total. The Morgan fingerprint density at radius 2 is 2.25 bits per heavy atom. The molecule has 0 bridgehead atoms. The van der Waals surface area contributed by atoms with Crippen molar-refractivity contribution >= 4 is 33.5 Å². The number of rotatable bonds is 1. The number of carbonyl (C=O) groups excluding carboxylic acids is 1. The zero-order valence-electron chi connectivity index (χ0n) is 8.00. The first-order chi connectivity index (χ1) is 7.58. The summed E-state index contributed by atoms with van der Waals surface area (Å²) in [5.74, 6) is -1.02. The summed E-state index contributed by atoms with van der Waals surface area (Å²) in [5, 5.41) is 9.57. The van der Waals surface area contributed by atoms with E-state index in [0.29, 0.717) is 11.3 Å². The summed E-state index contributed by atoms with van der Waals surface area (Å²) in [6.45, 7) is 0. The van der Waals surface area contributed by atoms with Crippen LogP contribution in [0.25, 0.3) is 0 Å². The van der Waals surface area contributed by atoms with Crippen molar-refractivity contribution in [1.29, 1.82) is 5.41 Å². The lowest BCUT2D eigenvalue weighted by molar-refractivity contribution is -0.118. The molecular formula is C10H7BrFN3O. The second-order valence-corrected chi connectivity index (χ2v) is 4.12. The van der Waals surface area contributed by atoms with Gasteiger partial charge in [0.2, 0.25) is 11.9 Å². The fraction of sp³-hybridized carbons (Fsp3) is 0.100. The lowest BCUT2D eigenvalue weighted by Gasteiger charge is -2.18. The smallest absolute Gasteiger partial charge is 0.246 e. The van der Waals surface area contributed by atoms with Crippen LogP contribution >= 0.6 is 15.9 Å². The average Bonchev–Trinajstić information content (AvgIpc) is 2.23. The van der Waals surface area contributed by atoms with Crippen molar-refractivity contribution in [1.82, 2.24) is 5.32 Å². The third-order valence-electron chi connectivity index (χ3n) is 2.06. The molecule has 1 aromatic carbocycles. The predicted molar refractivity (Wildman–Crippen MR) is 61.5 cm³/mol. The second kappa shape index (κ2) is 4.13. The fourth-order valence-electron chi connectivity index (χ4n) is 1.37. The van der Waals surface area contributed by atoms with Gasteiger partial charge in [-0.15, -0.1) is 0 Å². The van der Waals surface area contributed by atoms with Gasteiger partial charge in [-0.25, -0.2) is 9.38 Å². The predicted octanol–water partition coefficient (Wildman–Crippen LogP) is 1.44. The molecule has 6 heteroatoms. The van der Waals surface area contributed by atoms with E-state index in [2.05, 4.69) is 26.2 Å². The van der Waals surface area contributed by atoms with Crippen LogP contribution in [-0.4, -0.2) is 22.4 Å². The Hall–Kier alpha value is -1.56. The van der Waals surface area contributed by atoms with E-state index in [-0.39, 0.29) is 11.9 Å². The quantitative estimate of drug-likeness (QED) is 0.753. The SMILES string of the molecule is N=C1N=C(c2cccc(F)c2)C(Br)C(=O)N1. The van der Waals surface area contributed by atoms with Crippen molar-refractivity contribution in [3.63, 3.8) is 0 Å². The van der Waals surface area contributed by atoms with Crippen LogP contribution in [0, 0.1) is 11.2 Å². The first-order valence-corrected chi connectivity index (χ1v) is 5.37. The minimum absolute atomic E-state index is 0.236. The zero-order chi connectivity index (χ0) is 11.7. The molecule has 1 aliphatic heterocycles. The van der Waals surface area contributed by atoms with Gasteiger partial charge in [0.05, 0.1) is 5.71 Å². The molecule has 0 aromatic heterocycles. The third-order valence-corrected chi connectivity index (χ3v) is 2.91. The second-order valence-electron chi connectivity index (χ2n) is 3.21. The molecule has 2 rings (SSSR count). The van der Waals surface area contributed by atoms with Crippen molar-refractivity contribution in [3.8, 4) is 0 Å². The number of nitrogens with one attached hydrogen (secondary N) is 2. The van der Waals surface area contributed by atoms with Crippen molar-refractivity contribution in [2.45, 2.75) is 4.83 Å². The summed E-state index contributed by atoms with van der Waals surface area (Å²) in [6, 6.07) is 5.76. The molecule has 16 heavy (non-hydrogen) atoms. The highest BCUT2D eigenvalue weighted by Crippen LogP contribution is 2.15. The van der Waals surface area contributed by atoms with Gasteiger partial charge in [0.1, 0.15) is 10.6 Å². The Labute approximate surface area is 99.2 Å². The van der Waals surface area contributed by atoms with Gasteiger partial charge in [0.15, 0.2) is 0 Å². The number of carbonyl (C=O) groups is 1. The van der Waals surface area contributed by atoms with E-state index in [1.54, 1.807) is 6.07 Å². The van der Waals surface area contributed by atoms with Gasteiger partial charge >= 0.3 is 0 Å². The number of amides is 1. The maximum atomic E-state index is 13.0. The van der Waals surface area contributed by atoms with Crippen LogP contribution in [0.5, 0.6) is 0 Å². The van der Waals surface area contributed by atoms with Crippen molar-refractivity contribution in [2.24, 2.45) is 4.99 Å². The highest BCUT2D eigenvalue weighted by molar-refractivity contribution is 9.10. The molecule has 0 fully saturated rings. The lowest BCUT2D eigenvalue weighted by Crippen LogP contribution is -2.44. The third kappa shape index (κ3) is 2.01. The molecule has 82 valence electrons. The van der Waals surface area contributed by atoms with Crippen LogP contribution in [0.15, 0.2) is 29.3 Å². The summed E-state index contributed by atoms with van der Waals surface area (Å²) in [5.41, 5.74) is 0.828. The van der Waals surface area contributed by atoms with Crippen LogP contribution in [-0.2, 0) is 4.79 Å². The summed E-state index contributed by atoms with van der Waals surface area (Å²) in [7, 11) is 0. The molecule has 1 heterocycles. The number of nitrogens with zero attached hydrogens (tertiary/aromatic N) is 1.